The maximum Gasteiger partial charge on any atom is 0.244 e. The molecule has 2 fully saturated rings. The highest BCUT2D eigenvalue weighted by Crippen LogP contribution is 2.28. The van der Waals surface area contributed by atoms with E-state index in [1.165, 1.54) is 0 Å². The smallest absolute Gasteiger partial charge is 0.244 e. The Balaban J connectivity index is 1.92. The first-order valence-corrected chi connectivity index (χ1v) is 9.60. The van der Waals surface area contributed by atoms with Crippen molar-refractivity contribution >= 4 is 15.9 Å². The molecule has 1 atom stereocenters. The molecule has 0 saturated carbocycles. The van der Waals surface area contributed by atoms with Crippen molar-refractivity contribution in [3.05, 3.63) is 29.8 Å². The van der Waals surface area contributed by atoms with E-state index in [9.17, 15) is 22.0 Å². The van der Waals surface area contributed by atoms with E-state index in [0.29, 0.717) is 32.0 Å². The van der Waals surface area contributed by atoms with Crippen LogP contribution in [0.25, 0.3) is 0 Å². The maximum atomic E-state index is 13.4. The summed E-state index contributed by atoms with van der Waals surface area (Å²) < 4.78 is 53.7. The minimum atomic E-state index is -4.12. The Morgan fingerprint density at radius 3 is 2.17 bits per heavy atom. The fourth-order valence-electron chi connectivity index (χ4n) is 3.40. The number of carbonyl (C=O) groups excluding carboxylic acids is 1. The molecule has 8 heteroatoms. The lowest BCUT2D eigenvalue weighted by Crippen LogP contribution is -2.52. The van der Waals surface area contributed by atoms with Crippen LogP contribution in [0.4, 0.5) is 8.78 Å². The molecule has 132 valence electrons. The first-order valence-electron chi connectivity index (χ1n) is 8.16. The second-order valence-electron chi connectivity index (χ2n) is 6.26. The van der Waals surface area contributed by atoms with Crippen LogP contribution in [0.1, 0.15) is 32.1 Å². The lowest BCUT2D eigenvalue weighted by Gasteiger charge is -2.35. The van der Waals surface area contributed by atoms with E-state index in [0.717, 1.165) is 35.7 Å². The van der Waals surface area contributed by atoms with Crippen molar-refractivity contribution in [3.8, 4) is 0 Å². The lowest BCUT2D eigenvalue weighted by molar-refractivity contribution is -0.135. The molecule has 1 amide bonds. The molecule has 24 heavy (non-hydrogen) atoms. The average molecular weight is 358 g/mol. The molecule has 0 N–H and O–H groups in total. The zero-order chi connectivity index (χ0) is 17.3. The van der Waals surface area contributed by atoms with Crippen LogP contribution >= 0.6 is 0 Å². The van der Waals surface area contributed by atoms with Crippen molar-refractivity contribution in [3.63, 3.8) is 0 Å². The highest BCUT2D eigenvalue weighted by molar-refractivity contribution is 7.89. The molecule has 0 aliphatic carbocycles. The number of hydrogen-bond acceptors (Lipinski definition) is 3. The third-order valence-corrected chi connectivity index (χ3v) is 6.49. The van der Waals surface area contributed by atoms with Crippen LogP contribution in [-0.2, 0) is 14.8 Å². The molecule has 5 nitrogen and oxygen atoms in total. The SMILES string of the molecule is O=C([C@H]1CCCCN1S(=O)(=O)c1cc(F)cc(F)c1)N1CCCC1. The number of halogens is 2. The number of carbonyl (C=O) groups is 1. The second-order valence-corrected chi connectivity index (χ2v) is 8.16. The molecule has 0 spiro atoms. The fourth-order valence-corrected chi connectivity index (χ4v) is 5.09. The van der Waals surface area contributed by atoms with Crippen LogP contribution in [-0.4, -0.2) is 49.2 Å². The lowest BCUT2D eigenvalue weighted by atomic mass is 10.0. The van der Waals surface area contributed by atoms with E-state index >= 15 is 0 Å². The third-order valence-electron chi connectivity index (χ3n) is 4.60. The molecular weight excluding hydrogens is 338 g/mol. The van der Waals surface area contributed by atoms with Crippen molar-refractivity contribution in [2.24, 2.45) is 0 Å². The van der Waals surface area contributed by atoms with Gasteiger partial charge < -0.3 is 4.90 Å². The maximum absolute atomic E-state index is 13.4. The zero-order valence-electron chi connectivity index (χ0n) is 13.2. The van der Waals surface area contributed by atoms with Gasteiger partial charge in [-0.2, -0.15) is 4.31 Å². The summed E-state index contributed by atoms with van der Waals surface area (Å²) >= 11 is 0. The molecule has 1 aromatic carbocycles. The number of sulfonamides is 1. The molecule has 2 heterocycles. The van der Waals surface area contributed by atoms with Gasteiger partial charge in [0.25, 0.3) is 0 Å². The minimum Gasteiger partial charge on any atom is -0.341 e. The van der Waals surface area contributed by atoms with E-state index in [1.54, 1.807) is 4.90 Å². The summed E-state index contributed by atoms with van der Waals surface area (Å²) in [6.45, 7) is 1.46. The van der Waals surface area contributed by atoms with Gasteiger partial charge in [0.1, 0.15) is 17.7 Å². The Morgan fingerprint density at radius 1 is 0.958 bits per heavy atom. The molecule has 1 aromatic rings. The zero-order valence-corrected chi connectivity index (χ0v) is 14.1. The molecule has 0 aromatic heterocycles. The highest BCUT2D eigenvalue weighted by atomic mass is 32.2. The van der Waals surface area contributed by atoms with Gasteiger partial charge in [-0.05, 0) is 37.8 Å². The van der Waals surface area contributed by atoms with Gasteiger partial charge >= 0.3 is 0 Å². The van der Waals surface area contributed by atoms with Crippen LogP contribution in [0.3, 0.4) is 0 Å². The van der Waals surface area contributed by atoms with Gasteiger partial charge in [-0.25, -0.2) is 17.2 Å². The minimum absolute atomic E-state index is 0.185. The highest BCUT2D eigenvalue weighted by Gasteiger charge is 2.40. The van der Waals surface area contributed by atoms with Crippen LogP contribution < -0.4 is 0 Å². The van der Waals surface area contributed by atoms with Crippen molar-refractivity contribution < 1.29 is 22.0 Å². The number of hydrogen-bond donors (Lipinski definition) is 0. The van der Waals surface area contributed by atoms with Crippen LogP contribution in [0.15, 0.2) is 23.1 Å². The summed E-state index contributed by atoms with van der Waals surface area (Å²) in [6, 6.07) is 1.44. The topological polar surface area (TPSA) is 57.7 Å². The van der Waals surface area contributed by atoms with Crippen molar-refractivity contribution in [1.82, 2.24) is 9.21 Å². The molecule has 0 radical (unpaired) electrons. The monoisotopic (exact) mass is 358 g/mol. The van der Waals surface area contributed by atoms with Gasteiger partial charge in [-0.15, -0.1) is 0 Å². The summed E-state index contributed by atoms with van der Waals surface area (Å²) in [6.07, 6.45) is 3.65. The Labute approximate surface area is 140 Å². The Morgan fingerprint density at radius 2 is 1.54 bits per heavy atom. The van der Waals surface area contributed by atoms with E-state index in [2.05, 4.69) is 0 Å². The van der Waals surface area contributed by atoms with Crippen molar-refractivity contribution in [1.29, 1.82) is 0 Å². The fraction of sp³-hybridized carbons (Fsp3) is 0.562. The largest absolute Gasteiger partial charge is 0.341 e. The Bertz CT molecular complexity index is 713. The van der Waals surface area contributed by atoms with E-state index in [1.807, 2.05) is 0 Å². The third kappa shape index (κ3) is 3.30. The van der Waals surface area contributed by atoms with Crippen LogP contribution in [0.5, 0.6) is 0 Å². The predicted octanol–water partition coefficient (Wildman–Crippen LogP) is 2.13. The predicted molar refractivity (Wildman–Crippen MR) is 83.7 cm³/mol. The van der Waals surface area contributed by atoms with E-state index in [-0.39, 0.29) is 12.5 Å². The van der Waals surface area contributed by atoms with Gasteiger partial charge in [0, 0.05) is 25.7 Å². The first-order chi connectivity index (χ1) is 11.4. The van der Waals surface area contributed by atoms with Gasteiger partial charge in [0.05, 0.1) is 4.90 Å². The summed E-state index contributed by atoms with van der Waals surface area (Å²) in [5.74, 6) is -2.10. The number of nitrogens with zero attached hydrogens (tertiary/aromatic N) is 2. The standard InChI is InChI=1S/C16H20F2N2O3S/c17-12-9-13(18)11-14(10-12)24(22,23)20-8-2-1-5-15(20)16(21)19-6-3-4-7-19/h9-11,15H,1-8H2/t15-/m1/s1. The molecule has 0 unspecified atom stereocenters. The average Bonchev–Trinajstić information content (AvgIpc) is 3.07. The molecule has 2 aliphatic heterocycles. The summed E-state index contributed by atoms with van der Waals surface area (Å²) in [5.41, 5.74) is 0. The molecule has 2 saturated heterocycles. The number of likely N-dealkylation sites (tertiary alicyclic amines) is 1. The summed E-state index contributed by atoms with van der Waals surface area (Å²) in [5, 5.41) is 0. The summed E-state index contributed by atoms with van der Waals surface area (Å²) in [4.78, 5) is 13.9. The van der Waals surface area contributed by atoms with Crippen molar-refractivity contribution in [2.45, 2.75) is 43.0 Å². The van der Waals surface area contributed by atoms with Gasteiger partial charge in [0.2, 0.25) is 15.9 Å². The second kappa shape index (κ2) is 6.76. The normalized spacial score (nSPS) is 22.8. The molecular formula is C16H20F2N2O3S. The number of rotatable bonds is 3. The Hall–Kier alpha value is -1.54. The van der Waals surface area contributed by atoms with Crippen LogP contribution in [0.2, 0.25) is 0 Å². The van der Waals surface area contributed by atoms with Gasteiger partial charge in [0.15, 0.2) is 0 Å². The van der Waals surface area contributed by atoms with Gasteiger partial charge in [-0.1, -0.05) is 6.42 Å². The number of benzene rings is 1. The van der Waals surface area contributed by atoms with Crippen LogP contribution in [0, 0.1) is 11.6 Å². The van der Waals surface area contributed by atoms with Gasteiger partial charge in [-0.3, -0.25) is 4.79 Å². The summed E-state index contributed by atoms with van der Waals surface area (Å²) in [7, 11) is -4.12. The first kappa shape index (κ1) is 17.3. The van der Waals surface area contributed by atoms with E-state index in [4.69, 9.17) is 0 Å². The van der Waals surface area contributed by atoms with E-state index < -0.39 is 32.6 Å². The molecule has 0 bridgehead atoms. The molecule has 3 rings (SSSR count). The molecule has 2 aliphatic rings. The van der Waals surface area contributed by atoms with Crippen molar-refractivity contribution in [2.75, 3.05) is 19.6 Å². The number of piperidine rings is 1. The quantitative estimate of drug-likeness (QED) is 0.832. The Kier molecular flexibility index (Phi) is 4.87. The number of amides is 1.